The summed E-state index contributed by atoms with van der Waals surface area (Å²) >= 11 is 0. The van der Waals surface area contributed by atoms with Gasteiger partial charge in [0.05, 0.1) is 12.3 Å². The van der Waals surface area contributed by atoms with Crippen LogP contribution in [0.15, 0.2) is 60.7 Å². The smallest absolute Gasteiger partial charge is 0.326 e. The first-order valence-corrected chi connectivity index (χ1v) is 17.0. The van der Waals surface area contributed by atoms with Crippen molar-refractivity contribution in [2.24, 2.45) is 11.3 Å². The van der Waals surface area contributed by atoms with E-state index in [0.717, 1.165) is 50.2 Å². The third-order valence-electron chi connectivity index (χ3n) is 8.23. The van der Waals surface area contributed by atoms with Crippen LogP contribution in [0.1, 0.15) is 110 Å². The number of ketones is 1. The van der Waals surface area contributed by atoms with Crippen LogP contribution >= 0.6 is 0 Å². The number of Topliss-reactive ketones (excluding diaryl/α,β-unsaturated/α-hetero) is 1. The van der Waals surface area contributed by atoms with E-state index in [2.05, 4.69) is 18.8 Å². The summed E-state index contributed by atoms with van der Waals surface area (Å²) in [6, 6.07) is 5.32. The average molecular weight is 670 g/mol. The van der Waals surface area contributed by atoms with Crippen molar-refractivity contribution in [3.8, 4) is 5.75 Å². The largest absolute Gasteiger partial charge is 0.490 e. The monoisotopic (exact) mass is 669 g/mol. The number of rotatable bonds is 27. The molecular weight excluding hydrogens is 614 g/mol. The molecule has 0 bridgehead atoms. The lowest BCUT2D eigenvalue weighted by atomic mass is 9.71. The van der Waals surface area contributed by atoms with Crippen LogP contribution in [0.25, 0.3) is 0 Å². The summed E-state index contributed by atoms with van der Waals surface area (Å²) in [5, 5.41) is 32.0. The molecule has 266 valence electrons. The Kier molecular flexibility index (Phi) is 20.2. The van der Waals surface area contributed by atoms with E-state index < -0.39 is 47.6 Å². The second kappa shape index (κ2) is 23.2. The number of unbranched alkanes of at least 4 members (excludes halogenated alkanes) is 8. The van der Waals surface area contributed by atoms with Gasteiger partial charge in [-0.25, -0.2) is 4.79 Å². The third-order valence-corrected chi connectivity index (χ3v) is 8.23. The molecule has 0 aliphatic rings. The predicted octanol–water partition coefficient (Wildman–Crippen LogP) is 7.32. The molecule has 0 aliphatic carbocycles. The van der Waals surface area contributed by atoms with Crippen LogP contribution in [-0.2, 0) is 30.4 Å². The number of allylic oxidation sites excluding steroid dienone is 2. The molecule has 0 heterocycles. The van der Waals surface area contributed by atoms with Crippen molar-refractivity contribution in [3.05, 3.63) is 66.3 Å². The molecule has 0 saturated heterocycles. The molecule has 0 radical (unpaired) electrons. The zero-order valence-corrected chi connectivity index (χ0v) is 28.9. The number of hydrogen-bond acceptors (Lipinski definition) is 6. The van der Waals surface area contributed by atoms with Gasteiger partial charge in [-0.3, -0.25) is 19.2 Å². The molecule has 0 aliphatic heterocycles. The molecule has 10 heteroatoms. The molecule has 1 amide bonds. The second-order valence-electron chi connectivity index (χ2n) is 12.5. The zero-order valence-electron chi connectivity index (χ0n) is 28.9. The van der Waals surface area contributed by atoms with Crippen LogP contribution < -0.4 is 10.1 Å². The first kappa shape index (κ1) is 41.8. The molecule has 0 saturated carbocycles. The van der Waals surface area contributed by atoms with Crippen LogP contribution in [0.3, 0.4) is 0 Å². The predicted molar refractivity (Wildman–Crippen MR) is 186 cm³/mol. The van der Waals surface area contributed by atoms with E-state index in [1.807, 2.05) is 19.9 Å². The molecule has 0 spiro atoms. The first-order chi connectivity index (χ1) is 22.9. The van der Waals surface area contributed by atoms with Crippen LogP contribution in [0.4, 0.5) is 0 Å². The fourth-order valence-corrected chi connectivity index (χ4v) is 5.29. The Labute approximate surface area is 285 Å². The van der Waals surface area contributed by atoms with Crippen molar-refractivity contribution in [1.82, 2.24) is 5.32 Å². The molecule has 3 atom stereocenters. The van der Waals surface area contributed by atoms with Gasteiger partial charge in [0.2, 0.25) is 5.91 Å². The maximum atomic E-state index is 13.6. The number of carbonyl (C=O) groups excluding carboxylic acids is 2. The highest BCUT2D eigenvalue weighted by atomic mass is 16.5. The Balaban J connectivity index is 2.91. The Hall–Kier alpha value is -4.21. The van der Waals surface area contributed by atoms with Crippen LogP contribution in [-0.4, -0.2) is 57.6 Å². The van der Waals surface area contributed by atoms with Gasteiger partial charge in [-0.1, -0.05) is 81.4 Å². The van der Waals surface area contributed by atoms with Crippen molar-refractivity contribution < 1.29 is 44.0 Å². The fourth-order valence-electron chi connectivity index (χ4n) is 5.29. The topological polar surface area (TPSA) is 167 Å². The summed E-state index contributed by atoms with van der Waals surface area (Å²) in [5.41, 5.74) is -0.511. The summed E-state index contributed by atoms with van der Waals surface area (Å²) in [7, 11) is 0. The summed E-state index contributed by atoms with van der Waals surface area (Å²) in [6.45, 7) is 9.99. The van der Waals surface area contributed by atoms with E-state index in [9.17, 15) is 39.3 Å². The van der Waals surface area contributed by atoms with Gasteiger partial charge in [0, 0.05) is 19.3 Å². The summed E-state index contributed by atoms with van der Waals surface area (Å²) in [4.78, 5) is 62.0. The minimum absolute atomic E-state index is 0.0970. The molecule has 0 aromatic heterocycles. The van der Waals surface area contributed by atoms with Crippen molar-refractivity contribution in [1.29, 1.82) is 0 Å². The molecule has 10 nitrogen and oxygen atoms in total. The molecule has 0 unspecified atom stereocenters. The number of carboxylic acid groups (broad SMARTS) is 3. The normalized spacial score (nSPS) is 13.6. The number of nitrogens with one attached hydrogen (secondary N) is 1. The molecule has 48 heavy (non-hydrogen) atoms. The number of aliphatic carboxylic acids is 3. The third kappa shape index (κ3) is 16.1. The summed E-state index contributed by atoms with van der Waals surface area (Å²) in [6.07, 6.45) is 15.2. The zero-order chi connectivity index (χ0) is 36.0. The number of hydrogen-bond donors (Lipinski definition) is 4. The lowest BCUT2D eigenvalue weighted by molar-refractivity contribution is -0.157. The van der Waals surface area contributed by atoms with Crippen molar-refractivity contribution in [2.75, 3.05) is 6.61 Å². The second-order valence-corrected chi connectivity index (χ2v) is 12.5. The Morgan fingerprint density at radius 3 is 2.02 bits per heavy atom. The molecule has 1 aromatic rings. The number of carbonyl (C=O) groups is 5. The SMILES string of the molecule is C=C[C@](CC(=O)O)(C(=O)O)[C@H](/C=C/CCCCCCC(=O)CCCCCCC)C(=O)N[C@@H](Cc1ccc(OCC=C(C)C)cc1)C(=O)O. The van der Waals surface area contributed by atoms with E-state index >= 15 is 0 Å². The lowest BCUT2D eigenvalue weighted by Gasteiger charge is -2.31. The Morgan fingerprint density at radius 1 is 0.896 bits per heavy atom. The molecule has 4 N–H and O–H groups in total. The number of carboxylic acids is 3. The quantitative estimate of drug-likeness (QED) is 0.0554. The summed E-state index contributed by atoms with van der Waals surface area (Å²) in [5.74, 6) is -5.93. The van der Waals surface area contributed by atoms with Gasteiger partial charge < -0.3 is 25.4 Å². The van der Waals surface area contributed by atoms with E-state index in [1.54, 1.807) is 30.3 Å². The molecule has 1 aromatic carbocycles. The number of benzene rings is 1. The highest BCUT2D eigenvalue weighted by Crippen LogP contribution is 2.36. The van der Waals surface area contributed by atoms with E-state index in [4.69, 9.17) is 4.74 Å². The Bertz CT molecular complexity index is 1250. The van der Waals surface area contributed by atoms with E-state index in [-0.39, 0.29) is 12.2 Å². The standard InChI is InChI=1S/C38H55NO9/c1-5-7-8-11-14-17-30(40)18-15-12-9-10-13-16-19-32(38(6-2,37(46)47)27-34(41)42)35(43)39-33(36(44)45)26-29-20-22-31(23-21-29)48-25-24-28(3)4/h6,16,19-24,32-33H,2,5,7-15,17-18,25-27H2,1,3-4H3,(H,39,43)(H,41,42)(H,44,45)(H,46,47)/b19-16+/t32-,33+,38-/m1/s1. The van der Waals surface area contributed by atoms with Gasteiger partial charge >= 0.3 is 17.9 Å². The van der Waals surface area contributed by atoms with E-state index in [0.29, 0.717) is 37.2 Å². The maximum absolute atomic E-state index is 13.6. The van der Waals surface area contributed by atoms with Crippen LogP contribution in [0.2, 0.25) is 0 Å². The van der Waals surface area contributed by atoms with Crippen molar-refractivity contribution in [2.45, 2.75) is 117 Å². The van der Waals surface area contributed by atoms with Crippen molar-refractivity contribution >= 4 is 29.6 Å². The van der Waals surface area contributed by atoms with Gasteiger partial charge in [-0.15, -0.1) is 6.58 Å². The van der Waals surface area contributed by atoms with Gasteiger partial charge in [0.15, 0.2) is 0 Å². The number of amides is 1. The fraction of sp³-hybridized carbons (Fsp3) is 0.553. The van der Waals surface area contributed by atoms with Gasteiger partial charge in [-0.2, -0.15) is 0 Å². The van der Waals surface area contributed by atoms with Gasteiger partial charge in [0.1, 0.15) is 29.6 Å². The van der Waals surface area contributed by atoms with Gasteiger partial charge in [0.25, 0.3) is 0 Å². The molecular formula is C38H55NO9. The Morgan fingerprint density at radius 2 is 1.50 bits per heavy atom. The first-order valence-electron chi connectivity index (χ1n) is 17.0. The van der Waals surface area contributed by atoms with Gasteiger partial charge in [-0.05, 0) is 63.3 Å². The summed E-state index contributed by atoms with van der Waals surface area (Å²) < 4.78 is 5.63. The molecule has 0 fully saturated rings. The molecule has 1 rings (SSSR count). The van der Waals surface area contributed by atoms with Crippen LogP contribution in [0, 0.1) is 11.3 Å². The number of ether oxygens (including phenoxy) is 1. The highest BCUT2D eigenvalue weighted by molar-refractivity contribution is 5.94. The van der Waals surface area contributed by atoms with E-state index in [1.165, 1.54) is 25.3 Å². The average Bonchev–Trinajstić information content (AvgIpc) is 3.03. The lowest BCUT2D eigenvalue weighted by Crippen LogP contribution is -2.51. The minimum Gasteiger partial charge on any atom is -0.490 e. The van der Waals surface area contributed by atoms with Crippen LogP contribution in [0.5, 0.6) is 5.75 Å². The van der Waals surface area contributed by atoms with Crippen molar-refractivity contribution in [3.63, 3.8) is 0 Å². The minimum atomic E-state index is -2.21. The highest BCUT2D eigenvalue weighted by Gasteiger charge is 2.48. The maximum Gasteiger partial charge on any atom is 0.326 e.